The molecule has 1 saturated heterocycles. The first-order valence-electron chi connectivity index (χ1n) is 6.78. The normalized spacial score (nSPS) is 30.6. The van der Waals surface area contributed by atoms with E-state index in [-0.39, 0.29) is 0 Å². The number of hydrogen-bond donors (Lipinski definition) is 2. The van der Waals surface area contributed by atoms with E-state index < -0.39 is 5.60 Å². The van der Waals surface area contributed by atoms with E-state index in [0.717, 1.165) is 31.5 Å². The Morgan fingerprint density at radius 3 is 2.75 bits per heavy atom. The minimum atomic E-state index is -0.533. The molecule has 1 aliphatic heterocycles. The summed E-state index contributed by atoms with van der Waals surface area (Å²) in [4.78, 5) is 2.64. The summed E-state index contributed by atoms with van der Waals surface area (Å²) in [5, 5.41) is 13.3. The van der Waals surface area contributed by atoms with E-state index in [9.17, 15) is 5.11 Å². The van der Waals surface area contributed by atoms with Gasteiger partial charge in [-0.25, -0.2) is 0 Å². The summed E-state index contributed by atoms with van der Waals surface area (Å²) in [6.07, 6.45) is 4.99. The number of nitrogens with one attached hydrogen (secondary N) is 1. The molecule has 16 heavy (non-hydrogen) atoms. The van der Waals surface area contributed by atoms with Crippen molar-refractivity contribution in [2.75, 3.05) is 26.2 Å². The van der Waals surface area contributed by atoms with Crippen LogP contribution in [0.3, 0.4) is 0 Å². The first-order valence-corrected chi connectivity index (χ1v) is 6.78. The summed E-state index contributed by atoms with van der Waals surface area (Å²) in [6.45, 7) is 8.30. The lowest BCUT2D eigenvalue weighted by atomic mass is 10.0. The molecule has 3 nitrogen and oxygen atoms in total. The molecule has 94 valence electrons. The van der Waals surface area contributed by atoms with Crippen molar-refractivity contribution in [2.24, 2.45) is 5.92 Å². The molecule has 0 radical (unpaired) electrons. The third-order valence-corrected chi connectivity index (χ3v) is 4.08. The van der Waals surface area contributed by atoms with Crippen molar-refractivity contribution in [3.8, 4) is 0 Å². The summed E-state index contributed by atoms with van der Waals surface area (Å²) in [6, 6.07) is 0.920. The number of rotatable bonds is 6. The van der Waals surface area contributed by atoms with Crippen LogP contribution in [-0.4, -0.2) is 47.8 Å². The quantitative estimate of drug-likeness (QED) is 0.715. The van der Waals surface area contributed by atoms with Crippen LogP contribution in [-0.2, 0) is 0 Å². The highest BCUT2D eigenvalue weighted by Crippen LogP contribution is 2.31. The summed E-state index contributed by atoms with van der Waals surface area (Å²) < 4.78 is 0. The minimum Gasteiger partial charge on any atom is -0.389 e. The Morgan fingerprint density at radius 2 is 2.12 bits per heavy atom. The maximum absolute atomic E-state index is 9.87. The highest BCUT2D eigenvalue weighted by atomic mass is 16.3. The molecule has 0 aromatic rings. The largest absolute Gasteiger partial charge is 0.389 e. The predicted octanol–water partition coefficient (Wildman–Crippen LogP) is 1.22. The first kappa shape index (κ1) is 12.3. The Bertz CT molecular complexity index is 226. The molecule has 0 spiro atoms. The molecule has 2 rings (SSSR count). The van der Waals surface area contributed by atoms with Crippen molar-refractivity contribution in [3.05, 3.63) is 0 Å². The fraction of sp³-hybridized carbons (Fsp3) is 1.00. The average Bonchev–Trinajstić information content (AvgIpc) is 3.00. The van der Waals surface area contributed by atoms with Crippen LogP contribution in [0.5, 0.6) is 0 Å². The van der Waals surface area contributed by atoms with Gasteiger partial charge in [-0.3, -0.25) is 0 Å². The Hall–Kier alpha value is -0.120. The van der Waals surface area contributed by atoms with Gasteiger partial charge in [-0.05, 0) is 51.6 Å². The summed E-state index contributed by atoms with van der Waals surface area (Å²) >= 11 is 0. The lowest BCUT2D eigenvalue weighted by Crippen LogP contribution is -2.39. The molecule has 3 heteroatoms. The smallest absolute Gasteiger partial charge is 0.0740 e. The molecule has 2 fully saturated rings. The van der Waals surface area contributed by atoms with Crippen LogP contribution in [0.25, 0.3) is 0 Å². The van der Waals surface area contributed by atoms with Gasteiger partial charge in [0.05, 0.1) is 5.60 Å². The third-order valence-electron chi connectivity index (χ3n) is 4.08. The van der Waals surface area contributed by atoms with E-state index in [2.05, 4.69) is 10.2 Å². The molecule has 0 aromatic heterocycles. The Balaban J connectivity index is 1.60. The van der Waals surface area contributed by atoms with Gasteiger partial charge in [0.25, 0.3) is 0 Å². The van der Waals surface area contributed by atoms with Crippen LogP contribution in [0.15, 0.2) is 0 Å². The maximum Gasteiger partial charge on any atom is 0.0740 e. The number of hydrogen-bond acceptors (Lipinski definition) is 3. The predicted molar refractivity (Wildman–Crippen MR) is 66.5 cm³/mol. The van der Waals surface area contributed by atoms with E-state index in [1.54, 1.807) is 0 Å². The van der Waals surface area contributed by atoms with Crippen molar-refractivity contribution >= 4 is 0 Å². The van der Waals surface area contributed by atoms with Gasteiger partial charge in [0.1, 0.15) is 0 Å². The Morgan fingerprint density at radius 1 is 1.38 bits per heavy atom. The second-order valence-electron chi connectivity index (χ2n) is 5.86. The van der Waals surface area contributed by atoms with Gasteiger partial charge in [0.2, 0.25) is 0 Å². The van der Waals surface area contributed by atoms with Crippen LogP contribution in [0.2, 0.25) is 0 Å². The second kappa shape index (κ2) is 5.03. The standard InChI is InChI=1S/C13H26N2O/c1-3-13(2,16)10-14-8-11-6-7-15(9-11)12-4-5-12/h11-12,14,16H,3-10H2,1-2H3. The summed E-state index contributed by atoms with van der Waals surface area (Å²) in [7, 11) is 0. The van der Waals surface area contributed by atoms with E-state index in [1.165, 1.54) is 32.4 Å². The van der Waals surface area contributed by atoms with Crippen molar-refractivity contribution in [1.29, 1.82) is 0 Å². The molecule has 2 N–H and O–H groups in total. The second-order valence-corrected chi connectivity index (χ2v) is 5.86. The average molecular weight is 226 g/mol. The van der Waals surface area contributed by atoms with Crippen LogP contribution in [0.1, 0.15) is 39.5 Å². The molecule has 0 aromatic carbocycles. The van der Waals surface area contributed by atoms with Crippen LogP contribution >= 0.6 is 0 Å². The topological polar surface area (TPSA) is 35.5 Å². The van der Waals surface area contributed by atoms with Crippen molar-refractivity contribution in [2.45, 2.75) is 51.2 Å². The lowest BCUT2D eigenvalue weighted by Gasteiger charge is -2.23. The van der Waals surface area contributed by atoms with Gasteiger partial charge >= 0.3 is 0 Å². The molecular weight excluding hydrogens is 200 g/mol. The van der Waals surface area contributed by atoms with Gasteiger partial charge in [0.15, 0.2) is 0 Å². The number of aliphatic hydroxyl groups is 1. The fourth-order valence-electron chi connectivity index (χ4n) is 2.47. The lowest BCUT2D eigenvalue weighted by molar-refractivity contribution is 0.0550. The van der Waals surface area contributed by atoms with Gasteiger partial charge in [-0.1, -0.05) is 6.92 Å². The molecule has 1 saturated carbocycles. The van der Waals surface area contributed by atoms with Crippen molar-refractivity contribution in [1.82, 2.24) is 10.2 Å². The number of nitrogens with zero attached hydrogens (tertiary/aromatic N) is 1. The molecule has 1 heterocycles. The Labute approximate surface area is 99.2 Å². The highest BCUT2D eigenvalue weighted by molar-refractivity contribution is 4.90. The molecule has 0 amide bonds. The minimum absolute atomic E-state index is 0.533. The summed E-state index contributed by atoms with van der Waals surface area (Å²) in [5.41, 5.74) is -0.533. The molecule has 2 atom stereocenters. The van der Waals surface area contributed by atoms with Crippen LogP contribution in [0.4, 0.5) is 0 Å². The highest BCUT2D eigenvalue weighted by Gasteiger charge is 2.34. The van der Waals surface area contributed by atoms with E-state index in [1.807, 2.05) is 13.8 Å². The monoisotopic (exact) mass is 226 g/mol. The maximum atomic E-state index is 9.87. The zero-order chi connectivity index (χ0) is 11.6. The number of likely N-dealkylation sites (tertiary alicyclic amines) is 1. The van der Waals surface area contributed by atoms with Crippen molar-refractivity contribution in [3.63, 3.8) is 0 Å². The van der Waals surface area contributed by atoms with E-state index in [0.29, 0.717) is 0 Å². The summed E-state index contributed by atoms with van der Waals surface area (Å²) in [5.74, 6) is 0.799. The molecule has 0 bridgehead atoms. The SMILES string of the molecule is CCC(C)(O)CNCC1CCN(C2CC2)C1. The van der Waals surface area contributed by atoms with Crippen molar-refractivity contribution < 1.29 is 5.11 Å². The molecular formula is C13H26N2O. The third kappa shape index (κ3) is 3.44. The van der Waals surface area contributed by atoms with Gasteiger partial charge in [-0.2, -0.15) is 0 Å². The van der Waals surface area contributed by atoms with E-state index >= 15 is 0 Å². The van der Waals surface area contributed by atoms with Crippen LogP contribution < -0.4 is 5.32 Å². The van der Waals surface area contributed by atoms with Gasteiger partial charge in [0, 0.05) is 19.1 Å². The first-order chi connectivity index (χ1) is 7.61. The van der Waals surface area contributed by atoms with Gasteiger partial charge < -0.3 is 15.3 Å². The van der Waals surface area contributed by atoms with Crippen LogP contribution in [0, 0.1) is 5.92 Å². The van der Waals surface area contributed by atoms with E-state index in [4.69, 9.17) is 0 Å². The zero-order valence-corrected chi connectivity index (χ0v) is 10.7. The molecule has 2 aliphatic rings. The van der Waals surface area contributed by atoms with Gasteiger partial charge in [-0.15, -0.1) is 0 Å². The molecule has 2 unspecified atom stereocenters. The Kier molecular flexibility index (Phi) is 3.88. The molecule has 1 aliphatic carbocycles. The zero-order valence-electron chi connectivity index (χ0n) is 10.7. The fourth-order valence-corrected chi connectivity index (χ4v) is 2.47.